The summed E-state index contributed by atoms with van der Waals surface area (Å²) in [5.41, 5.74) is -0.635. The lowest BCUT2D eigenvalue weighted by molar-refractivity contribution is -0.176. The van der Waals surface area contributed by atoms with Gasteiger partial charge in [0.05, 0.1) is 32.1 Å². The molecule has 3 fully saturated rings. The SMILES string of the molecule is CC[C@]12CO[C@@H](C1OCc1cn(C[C@H]3O[C@@H](n4cc(C)c(=O)[nH]c4=O)CC3O)nn1)[C@H](n1cc(C)c(NC(=O)c3ccccc3)nc1=O)O2. The van der Waals surface area contributed by atoms with Crippen LogP contribution in [0.5, 0.6) is 0 Å². The normalized spacial score (nSPS) is 27.5. The molecule has 7 rings (SSSR count). The van der Waals surface area contributed by atoms with Crippen molar-refractivity contribution in [3.05, 3.63) is 103 Å². The number of ether oxygens (including phenoxy) is 4. The number of rotatable bonds is 10. The van der Waals surface area contributed by atoms with Gasteiger partial charge in [0.1, 0.15) is 41.7 Å². The van der Waals surface area contributed by atoms with Crippen molar-refractivity contribution in [1.82, 2.24) is 34.1 Å². The molecule has 49 heavy (non-hydrogen) atoms. The third kappa shape index (κ3) is 6.15. The highest BCUT2D eigenvalue weighted by molar-refractivity contribution is 6.04. The van der Waals surface area contributed by atoms with Crippen LogP contribution in [0.25, 0.3) is 0 Å². The predicted octanol–water partition coefficient (Wildman–Crippen LogP) is 0.564. The lowest BCUT2D eigenvalue weighted by Crippen LogP contribution is -2.41. The van der Waals surface area contributed by atoms with E-state index in [1.807, 2.05) is 6.92 Å². The van der Waals surface area contributed by atoms with E-state index in [2.05, 4.69) is 25.6 Å². The minimum atomic E-state index is -0.881. The van der Waals surface area contributed by atoms with E-state index in [0.717, 1.165) is 0 Å². The van der Waals surface area contributed by atoms with Gasteiger partial charge >= 0.3 is 11.4 Å². The van der Waals surface area contributed by atoms with Crippen LogP contribution in [0.15, 0.2) is 63.3 Å². The van der Waals surface area contributed by atoms with Crippen LogP contribution in [0.2, 0.25) is 0 Å². The van der Waals surface area contributed by atoms with Crippen molar-refractivity contribution in [2.24, 2.45) is 0 Å². The fraction of sp³-hybridized carbons (Fsp3) is 0.469. The van der Waals surface area contributed by atoms with Gasteiger partial charge in [-0.25, -0.2) is 14.3 Å². The number of carbonyl (C=O) groups is 1. The molecule has 3 saturated heterocycles. The number of amides is 1. The van der Waals surface area contributed by atoms with E-state index in [1.54, 1.807) is 56.6 Å². The molecule has 3 N–H and O–H groups in total. The molecule has 3 aromatic heterocycles. The monoisotopic (exact) mass is 676 g/mol. The summed E-state index contributed by atoms with van der Waals surface area (Å²) in [6.45, 7) is 5.80. The van der Waals surface area contributed by atoms with Gasteiger partial charge in [-0.3, -0.25) is 23.7 Å². The summed E-state index contributed by atoms with van der Waals surface area (Å²) in [6.07, 6.45) is 1.14. The summed E-state index contributed by atoms with van der Waals surface area (Å²) in [5, 5.41) is 21.7. The average Bonchev–Trinajstić information content (AvgIpc) is 3.86. The Hall–Kier alpha value is -4.81. The maximum Gasteiger partial charge on any atom is 0.351 e. The molecule has 6 heterocycles. The second kappa shape index (κ2) is 12.9. The minimum absolute atomic E-state index is 0.0712. The highest BCUT2D eigenvalue weighted by Crippen LogP contribution is 2.48. The van der Waals surface area contributed by atoms with Crippen molar-refractivity contribution in [2.75, 3.05) is 11.9 Å². The zero-order valence-corrected chi connectivity index (χ0v) is 27.0. The highest BCUT2D eigenvalue weighted by atomic mass is 16.7. The van der Waals surface area contributed by atoms with E-state index in [4.69, 9.17) is 18.9 Å². The number of nitrogens with zero attached hydrogens (tertiary/aromatic N) is 6. The molecule has 2 unspecified atom stereocenters. The second-order valence-electron chi connectivity index (χ2n) is 12.6. The number of hydrogen-bond donors (Lipinski definition) is 3. The van der Waals surface area contributed by atoms with E-state index < -0.39 is 59.4 Å². The summed E-state index contributed by atoms with van der Waals surface area (Å²) >= 11 is 0. The molecule has 258 valence electrons. The number of carbonyl (C=O) groups excluding carboxylic acids is 1. The van der Waals surface area contributed by atoms with Crippen LogP contribution < -0.4 is 22.3 Å². The standard InChI is InChI=1S/C32H36N8O9/c1-4-32-16-47-24(29(49-32)40-11-17(2)26(34-30(40)44)33-28(43)19-8-6-5-7-9-19)25(32)46-15-20-13-38(37-36-20)14-22-21(41)10-23(48-22)39-12-18(3)27(42)35-31(39)45/h5-9,11-13,21-25,29,41H,4,10,14-16H2,1-3H3,(H,35,42,45)(H,33,34,43,44)/t21?,22-,23-,24+,25?,29-,32+/m1/s1. The molecule has 0 aliphatic carbocycles. The van der Waals surface area contributed by atoms with Gasteiger partial charge in [-0.15, -0.1) is 5.10 Å². The molecule has 0 radical (unpaired) electrons. The molecule has 3 aliphatic heterocycles. The van der Waals surface area contributed by atoms with Gasteiger partial charge in [-0.05, 0) is 32.4 Å². The van der Waals surface area contributed by atoms with Crippen LogP contribution in [-0.4, -0.2) is 81.7 Å². The van der Waals surface area contributed by atoms with Crippen LogP contribution in [0, 0.1) is 13.8 Å². The quantitative estimate of drug-likeness (QED) is 0.211. The van der Waals surface area contributed by atoms with Crippen molar-refractivity contribution in [2.45, 2.75) is 89.2 Å². The average molecular weight is 677 g/mol. The van der Waals surface area contributed by atoms with Crippen molar-refractivity contribution in [3.63, 3.8) is 0 Å². The zero-order chi connectivity index (χ0) is 34.4. The molecule has 1 aromatic carbocycles. The number of hydrogen-bond acceptors (Lipinski definition) is 12. The van der Waals surface area contributed by atoms with Crippen molar-refractivity contribution >= 4 is 11.7 Å². The second-order valence-corrected chi connectivity index (χ2v) is 12.6. The van der Waals surface area contributed by atoms with Gasteiger partial charge in [0.25, 0.3) is 11.5 Å². The Balaban J connectivity index is 1.00. The summed E-state index contributed by atoms with van der Waals surface area (Å²) in [6, 6.07) is 8.65. The first-order valence-corrected chi connectivity index (χ1v) is 16.0. The lowest BCUT2D eigenvalue weighted by Gasteiger charge is -2.30. The Labute approximate surface area is 278 Å². The number of aryl methyl sites for hydroxylation is 2. The maximum atomic E-state index is 13.2. The minimum Gasteiger partial charge on any atom is -0.390 e. The smallest absolute Gasteiger partial charge is 0.351 e. The van der Waals surface area contributed by atoms with Crippen molar-refractivity contribution < 1.29 is 28.8 Å². The van der Waals surface area contributed by atoms with Crippen LogP contribution in [0.4, 0.5) is 5.82 Å². The van der Waals surface area contributed by atoms with E-state index in [-0.39, 0.29) is 37.9 Å². The molecule has 0 saturated carbocycles. The Morgan fingerprint density at radius 1 is 1.12 bits per heavy atom. The van der Waals surface area contributed by atoms with Gasteiger partial charge in [-0.1, -0.05) is 30.3 Å². The van der Waals surface area contributed by atoms with E-state index >= 15 is 0 Å². The lowest BCUT2D eigenvalue weighted by atomic mass is 9.96. The van der Waals surface area contributed by atoms with Crippen molar-refractivity contribution in [1.29, 1.82) is 0 Å². The molecule has 17 nitrogen and oxygen atoms in total. The highest BCUT2D eigenvalue weighted by Gasteiger charge is 2.62. The first-order valence-electron chi connectivity index (χ1n) is 16.0. The van der Waals surface area contributed by atoms with Gasteiger partial charge in [0.15, 0.2) is 6.23 Å². The number of nitrogens with one attached hydrogen (secondary N) is 2. The first-order chi connectivity index (χ1) is 23.5. The molecule has 7 atom stereocenters. The third-order valence-corrected chi connectivity index (χ3v) is 9.27. The van der Waals surface area contributed by atoms with Gasteiger partial charge < -0.3 is 29.4 Å². The van der Waals surface area contributed by atoms with E-state index in [9.17, 15) is 24.3 Å². The number of aliphatic hydroxyl groups excluding tert-OH is 1. The third-order valence-electron chi connectivity index (χ3n) is 9.27. The van der Waals surface area contributed by atoms with Gasteiger partial charge in [-0.2, -0.15) is 4.98 Å². The zero-order valence-electron chi connectivity index (χ0n) is 27.0. The van der Waals surface area contributed by atoms with Gasteiger partial charge in [0.2, 0.25) is 0 Å². The Morgan fingerprint density at radius 2 is 1.90 bits per heavy atom. The number of benzene rings is 1. The molecular weight excluding hydrogens is 640 g/mol. The number of aromatic amines is 1. The van der Waals surface area contributed by atoms with Gasteiger partial charge in [0, 0.05) is 35.5 Å². The fourth-order valence-electron chi connectivity index (χ4n) is 6.54. The predicted molar refractivity (Wildman–Crippen MR) is 170 cm³/mol. The largest absolute Gasteiger partial charge is 0.390 e. The number of H-pyrrole nitrogens is 1. The van der Waals surface area contributed by atoms with Crippen LogP contribution in [0.1, 0.15) is 59.4 Å². The van der Waals surface area contributed by atoms with Crippen molar-refractivity contribution in [3.8, 4) is 0 Å². The maximum absolute atomic E-state index is 13.2. The number of anilines is 1. The topological polar surface area (TPSA) is 207 Å². The first kappa shape index (κ1) is 32.7. The Bertz CT molecular complexity index is 2040. The van der Waals surface area contributed by atoms with Crippen LogP contribution >= 0.6 is 0 Å². The number of fused-ring (bicyclic) bond motifs is 2. The molecule has 1 amide bonds. The summed E-state index contributed by atoms with van der Waals surface area (Å²) in [5.74, 6) is -0.219. The van der Waals surface area contributed by atoms with Crippen LogP contribution in [0.3, 0.4) is 0 Å². The number of aromatic nitrogens is 7. The molecule has 2 bridgehead atoms. The Morgan fingerprint density at radius 3 is 2.67 bits per heavy atom. The molecular formula is C32H36N8O9. The molecule has 17 heteroatoms. The molecule has 3 aliphatic rings. The summed E-state index contributed by atoms with van der Waals surface area (Å²) in [7, 11) is 0. The van der Waals surface area contributed by atoms with E-state index in [0.29, 0.717) is 28.8 Å². The summed E-state index contributed by atoms with van der Waals surface area (Å²) < 4.78 is 29.0. The summed E-state index contributed by atoms with van der Waals surface area (Å²) in [4.78, 5) is 56.3. The van der Waals surface area contributed by atoms with Crippen LogP contribution in [-0.2, 0) is 32.1 Å². The molecule has 4 aromatic rings. The molecule has 0 spiro atoms. The fourth-order valence-corrected chi connectivity index (χ4v) is 6.54. The number of aliphatic hydroxyl groups is 1. The Kier molecular flexibility index (Phi) is 8.62. The van der Waals surface area contributed by atoms with E-state index in [1.165, 1.54) is 20.0 Å².